The van der Waals surface area contributed by atoms with E-state index in [0.717, 1.165) is 0 Å². The third-order valence-corrected chi connectivity index (χ3v) is 2.89. The normalized spacial score (nSPS) is 10.6. The summed E-state index contributed by atoms with van der Waals surface area (Å²) in [5.41, 5.74) is 0.617. The van der Waals surface area contributed by atoms with E-state index >= 15 is 0 Å². The molecule has 0 spiro atoms. The fourth-order valence-corrected chi connectivity index (χ4v) is 1.93. The van der Waals surface area contributed by atoms with E-state index in [1.807, 2.05) is 31.2 Å². The summed E-state index contributed by atoms with van der Waals surface area (Å²) in [6, 6.07) is 7.40. The van der Waals surface area contributed by atoms with Crippen molar-refractivity contribution in [3.05, 3.63) is 30.5 Å². The minimum Gasteiger partial charge on any atom is -0.493 e. The quantitative estimate of drug-likeness (QED) is 0.749. The van der Waals surface area contributed by atoms with Gasteiger partial charge in [0.1, 0.15) is 5.39 Å². The van der Waals surface area contributed by atoms with Crippen LogP contribution in [0.25, 0.3) is 11.0 Å². The van der Waals surface area contributed by atoms with Crippen LogP contribution in [0.5, 0.6) is 17.4 Å². The molecule has 3 rings (SSSR count). The van der Waals surface area contributed by atoms with Crippen molar-refractivity contribution in [1.29, 1.82) is 0 Å². The van der Waals surface area contributed by atoms with E-state index in [1.165, 1.54) is 0 Å². The highest BCUT2D eigenvalue weighted by molar-refractivity contribution is 5.81. The fourth-order valence-electron chi connectivity index (χ4n) is 1.93. The molecule has 0 aliphatic rings. The molecule has 0 aliphatic heterocycles. The lowest BCUT2D eigenvalue weighted by molar-refractivity contribution is 0.376. The SMILES string of the molecule is CCNc1nc(Oc2ccccc2OC)c2cn[nH]c2n1. The summed E-state index contributed by atoms with van der Waals surface area (Å²) < 4.78 is 11.2. The second kappa shape index (κ2) is 5.66. The zero-order valence-electron chi connectivity index (χ0n) is 11.8. The van der Waals surface area contributed by atoms with E-state index in [9.17, 15) is 0 Å². The van der Waals surface area contributed by atoms with E-state index in [1.54, 1.807) is 13.3 Å². The van der Waals surface area contributed by atoms with Crippen LogP contribution in [0.4, 0.5) is 5.95 Å². The smallest absolute Gasteiger partial charge is 0.235 e. The average Bonchev–Trinajstić information content (AvgIpc) is 2.97. The molecule has 0 fully saturated rings. The highest BCUT2D eigenvalue weighted by Crippen LogP contribution is 2.33. The molecule has 7 heteroatoms. The second-order valence-electron chi connectivity index (χ2n) is 4.27. The molecule has 3 aromatic rings. The topological polar surface area (TPSA) is 85.0 Å². The number of aromatic amines is 1. The Balaban J connectivity index is 2.04. The maximum atomic E-state index is 5.88. The number of H-pyrrole nitrogens is 1. The molecule has 7 nitrogen and oxygen atoms in total. The first kappa shape index (κ1) is 13.2. The van der Waals surface area contributed by atoms with Crippen LogP contribution in [0.3, 0.4) is 0 Å². The molecule has 21 heavy (non-hydrogen) atoms. The van der Waals surface area contributed by atoms with Crippen molar-refractivity contribution in [3.8, 4) is 17.4 Å². The van der Waals surface area contributed by atoms with Crippen LogP contribution in [0.1, 0.15) is 6.92 Å². The summed E-state index contributed by atoms with van der Waals surface area (Å²) >= 11 is 0. The van der Waals surface area contributed by atoms with Gasteiger partial charge in [0.15, 0.2) is 17.1 Å². The molecule has 0 aliphatic carbocycles. The number of hydrogen-bond donors (Lipinski definition) is 2. The largest absolute Gasteiger partial charge is 0.493 e. The van der Waals surface area contributed by atoms with E-state index in [2.05, 4.69) is 25.5 Å². The highest BCUT2D eigenvalue weighted by Gasteiger charge is 2.13. The fraction of sp³-hybridized carbons (Fsp3) is 0.214. The van der Waals surface area contributed by atoms with Crippen LogP contribution >= 0.6 is 0 Å². The van der Waals surface area contributed by atoms with Gasteiger partial charge in [0.2, 0.25) is 11.8 Å². The van der Waals surface area contributed by atoms with Crippen molar-refractivity contribution in [2.75, 3.05) is 19.0 Å². The number of ether oxygens (including phenoxy) is 2. The molecular formula is C14H15N5O2. The van der Waals surface area contributed by atoms with Gasteiger partial charge < -0.3 is 14.8 Å². The summed E-state index contributed by atoms with van der Waals surface area (Å²) in [5.74, 6) is 2.13. The minimum absolute atomic E-state index is 0.425. The number of anilines is 1. The first-order chi connectivity index (χ1) is 10.3. The number of methoxy groups -OCH3 is 1. The molecule has 2 aromatic heterocycles. The lowest BCUT2D eigenvalue weighted by Crippen LogP contribution is -2.03. The number of benzene rings is 1. The molecule has 0 unspecified atom stereocenters. The summed E-state index contributed by atoms with van der Waals surface area (Å²) in [4.78, 5) is 8.69. The Hall–Kier alpha value is -2.83. The molecule has 0 saturated heterocycles. The number of para-hydroxylation sites is 2. The van der Waals surface area contributed by atoms with Crippen LogP contribution in [0.2, 0.25) is 0 Å². The molecule has 0 saturated carbocycles. The van der Waals surface area contributed by atoms with Crippen LogP contribution < -0.4 is 14.8 Å². The van der Waals surface area contributed by atoms with Crippen LogP contribution in [-0.4, -0.2) is 33.8 Å². The van der Waals surface area contributed by atoms with Crippen LogP contribution in [0, 0.1) is 0 Å². The Labute approximate surface area is 121 Å². The Morgan fingerprint density at radius 1 is 1.19 bits per heavy atom. The predicted molar refractivity (Wildman–Crippen MR) is 78.9 cm³/mol. The van der Waals surface area contributed by atoms with Gasteiger partial charge in [0.05, 0.1) is 13.3 Å². The molecule has 0 bridgehead atoms. The van der Waals surface area contributed by atoms with Gasteiger partial charge in [-0.15, -0.1) is 0 Å². The number of nitrogens with one attached hydrogen (secondary N) is 2. The average molecular weight is 285 g/mol. The van der Waals surface area contributed by atoms with Crippen molar-refractivity contribution >= 4 is 17.0 Å². The van der Waals surface area contributed by atoms with Gasteiger partial charge in [-0.2, -0.15) is 15.1 Å². The van der Waals surface area contributed by atoms with Gasteiger partial charge in [-0.05, 0) is 19.1 Å². The van der Waals surface area contributed by atoms with Crippen molar-refractivity contribution < 1.29 is 9.47 Å². The van der Waals surface area contributed by atoms with Crippen molar-refractivity contribution in [1.82, 2.24) is 20.2 Å². The summed E-state index contributed by atoms with van der Waals surface area (Å²) in [5, 5.41) is 10.6. The van der Waals surface area contributed by atoms with Gasteiger partial charge in [-0.25, -0.2) is 0 Å². The van der Waals surface area contributed by atoms with Crippen LogP contribution in [-0.2, 0) is 0 Å². The third kappa shape index (κ3) is 2.58. The van der Waals surface area contributed by atoms with E-state index in [0.29, 0.717) is 40.9 Å². The monoisotopic (exact) mass is 285 g/mol. The number of nitrogens with zero attached hydrogens (tertiary/aromatic N) is 3. The van der Waals surface area contributed by atoms with Crippen molar-refractivity contribution in [2.24, 2.45) is 0 Å². The zero-order chi connectivity index (χ0) is 14.7. The summed E-state index contributed by atoms with van der Waals surface area (Å²) in [6.07, 6.45) is 1.63. The molecule has 2 heterocycles. The van der Waals surface area contributed by atoms with E-state index in [4.69, 9.17) is 9.47 Å². The lowest BCUT2D eigenvalue weighted by atomic mass is 10.3. The predicted octanol–water partition coefficient (Wildman–Crippen LogP) is 2.59. The summed E-state index contributed by atoms with van der Waals surface area (Å²) in [6.45, 7) is 2.69. The summed E-state index contributed by atoms with van der Waals surface area (Å²) in [7, 11) is 1.60. The van der Waals surface area contributed by atoms with Gasteiger partial charge >= 0.3 is 0 Å². The molecular weight excluding hydrogens is 270 g/mol. The Kier molecular flexibility index (Phi) is 3.55. The molecule has 1 aromatic carbocycles. The van der Waals surface area contributed by atoms with Gasteiger partial charge in [0, 0.05) is 6.54 Å². The highest BCUT2D eigenvalue weighted by atomic mass is 16.5. The van der Waals surface area contributed by atoms with Gasteiger partial charge in [-0.1, -0.05) is 12.1 Å². The Morgan fingerprint density at radius 2 is 2.00 bits per heavy atom. The van der Waals surface area contributed by atoms with E-state index in [-0.39, 0.29) is 0 Å². The maximum absolute atomic E-state index is 5.88. The molecule has 0 atom stereocenters. The Bertz CT molecular complexity index is 756. The van der Waals surface area contributed by atoms with E-state index < -0.39 is 0 Å². The first-order valence-electron chi connectivity index (χ1n) is 6.57. The number of fused-ring (bicyclic) bond motifs is 1. The van der Waals surface area contributed by atoms with Gasteiger partial charge in [0.25, 0.3) is 0 Å². The van der Waals surface area contributed by atoms with Crippen LogP contribution in [0.15, 0.2) is 30.5 Å². The number of rotatable bonds is 5. The maximum Gasteiger partial charge on any atom is 0.235 e. The third-order valence-electron chi connectivity index (χ3n) is 2.89. The second-order valence-corrected chi connectivity index (χ2v) is 4.27. The first-order valence-corrected chi connectivity index (χ1v) is 6.57. The van der Waals surface area contributed by atoms with Gasteiger partial charge in [-0.3, -0.25) is 5.10 Å². The molecule has 0 radical (unpaired) electrons. The zero-order valence-corrected chi connectivity index (χ0v) is 11.8. The Morgan fingerprint density at radius 3 is 2.76 bits per heavy atom. The number of hydrogen-bond acceptors (Lipinski definition) is 6. The lowest BCUT2D eigenvalue weighted by Gasteiger charge is -2.10. The van der Waals surface area contributed by atoms with Crippen molar-refractivity contribution in [3.63, 3.8) is 0 Å². The standard InChI is InChI=1S/C14H15N5O2/c1-3-15-14-17-12-9(8-16-19-12)13(18-14)21-11-7-5-4-6-10(11)20-2/h4-8H,3H2,1-2H3,(H2,15,16,17,18,19). The van der Waals surface area contributed by atoms with Crippen molar-refractivity contribution in [2.45, 2.75) is 6.92 Å². The molecule has 108 valence electrons. The number of aromatic nitrogens is 4. The minimum atomic E-state index is 0.425. The molecule has 2 N–H and O–H groups in total. The molecule has 0 amide bonds.